The first-order valence-electron chi connectivity index (χ1n) is 7.60. The summed E-state index contributed by atoms with van der Waals surface area (Å²) in [6, 6.07) is 2.70. The van der Waals surface area contributed by atoms with Gasteiger partial charge in [-0.1, -0.05) is 6.42 Å². The molecule has 0 aromatic carbocycles. The average molecular weight is 277 g/mol. The monoisotopic (exact) mass is 277 g/mol. The van der Waals surface area contributed by atoms with E-state index < -0.39 is 0 Å². The van der Waals surface area contributed by atoms with Crippen LogP contribution in [0.4, 0.5) is 5.82 Å². The van der Waals surface area contributed by atoms with Crippen LogP contribution in [0.5, 0.6) is 0 Å². The highest BCUT2D eigenvalue weighted by molar-refractivity contribution is 5.38. The number of nitrogens with two attached hydrogens (primary N) is 1. The van der Waals surface area contributed by atoms with Crippen LogP contribution in [0.15, 0.2) is 6.07 Å². The van der Waals surface area contributed by atoms with Crippen LogP contribution in [0, 0.1) is 6.92 Å². The van der Waals surface area contributed by atoms with E-state index in [9.17, 15) is 0 Å². The summed E-state index contributed by atoms with van der Waals surface area (Å²) in [5.74, 6) is 1.77. The Kier molecular flexibility index (Phi) is 5.31. The van der Waals surface area contributed by atoms with Crippen molar-refractivity contribution in [3.8, 4) is 0 Å². The zero-order chi connectivity index (χ0) is 14.5. The highest BCUT2D eigenvalue weighted by Gasteiger charge is 2.18. The van der Waals surface area contributed by atoms with Crippen molar-refractivity contribution in [2.75, 3.05) is 31.6 Å². The molecule has 1 saturated heterocycles. The largest absolute Gasteiger partial charge is 0.358 e. The Bertz CT molecular complexity index is 434. The summed E-state index contributed by atoms with van der Waals surface area (Å²) in [5, 5.41) is 0. The molecule has 0 radical (unpaired) electrons. The van der Waals surface area contributed by atoms with Crippen molar-refractivity contribution in [2.45, 2.75) is 45.7 Å². The third kappa shape index (κ3) is 3.90. The number of nitrogens with zero attached hydrogens (tertiary/aromatic N) is 4. The number of hydrogen-bond donors (Lipinski definition) is 1. The van der Waals surface area contributed by atoms with Crippen molar-refractivity contribution in [3.05, 3.63) is 17.6 Å². The molecule has 1 aromatic heterocycles. The van der Waals surface area contributed by atoms with Crippen LogP contribution < -0.4 is 10.6 Å². The number of aromatic nitrogens is 2. The summed E-state index contributed by atoms with van der Waals surface area (Å²) in [4.78, 5) is 13.6. The van der Waals surface area contributed by atoms with Crippen LogP contribution in [0.25, 0.3) is 0 Å². The molecule has 1 atom stereocenters. The van der Waals surface area contributed by atoms with Gasteiger partial charge in [0.1, 0.15) is 11.6 Å². The van der Waals surface area contributed by atoms with Crippen molar-refractivity contribution in [3.63, 3.8) is 0 Å². The van der Waals surface area contributed by atoms with E-state index in [0.29, 0.717) is 12.6 Å². The lowest BCUT2D eigenvalue weighted by Gasteiger charge is -2.34. The van der Waals surface area contributed by atoms with Gasteiger partial charge in [0.2, 0.25) is 0 Å². The van der Waals surface area contributed by atoms with E-state index in [1.807, 2.05) is 13.0 Å². The summed E-state index contributed by atoms with van der Waals surface area (Å²) >= 11 is 0. The van der Waals surface area contributed by atoms with Gasteiger partial charge in [-0.05, 0) is 33.2 Å². The third-order valence-corrected chi connectivity index (χ3v) is 4.14. The summed E-state index contributed by atoms with van der Waals surface area (Å²) in [6.07, 6.45) is 4.03. The summed E-state index contributed by atoms with van der Waals surface area (Å²) in [7, 11) is 2.09. The average Bonchev–Trinajstić information content (AvgIpc) is 2.45. The minimum absolute atomic E-state index is 0.466. The number of likely N-dealkylation sites (N-methyl/N-ethyl adjacent to an activating group) is 1. The van der Waals surface area contributed by atoms with Crippen molar-refractivity contribution in [1.82, 2.24) is 14.9 Å². The van der Waals surface area contributed by atoms with E-state index in [2.05, 4.69) is 33.7 Å². The fourth-order valence-electron chi connectivity index (χ4n) is 2.80. The Morgan fingerprint density at radius 3 is 2.90 bits per heavy atom. The van der Waals surface area contributed by atoms with Crippen molar-refractivity contribution < 1.29 is 0 Å². The lowest BCUT2D eigenvalue weighted by Crippen LogP contribution is -2.42. The van der Waals surface area contributed by atoms with Gasteiger partial charge in [0.25, 0.3) is 0 Å². The molecule has 0 amide bonds. The lowest BCUT2D eigenvalue weighted by molar-refractivity contribution is 0.165. The van der Waals surface area contributed by atoms with E-state index in [4.69, 9.17) is 5.73 Å². The van der Waals surface area contributed by atoms with Crippen LogP contribution in [0.3, 0.4) is 0 Å². The van der Waals surface area contributed by atoms with Gasteiger partial charge in [-0.3, -0.25) is 4.90 Å². The number of hydrogen-bond acceptors (Lipinski definition) is 5. The fraction of sp³-hybridized carbons (Fsp3) is 0.733. The number of anilines is 1. The first kappa shape index (κ1) is 15.2. The maximum absolute atomic E-state index is 5.68. The Hall–Kier alpha value is -1.20. The maximum Gasteiger partial charge on any atom is 0.132 e. The predicted octanol–water partition coefficient (Wildman–Crippen LogP) is 1.55. The normalized spacial score (nSPS) is 20.1. The van der Waals surface area contributed by atoms with Gasteiger partial charge in [0.05, 0.1) is 5.69 Å². The quantitative estimate of drug-likeness (QED) is 0.885. The number of likely N-dealkylation sites (tertiary alicyclic amines) is 1. The topological polar surface area (TPSA) is 58.3 Å². The van der Waals surface area contributed by atoms with Gasteiger partial charge < -0.3 is 10.6 Å². The second-order valence-corrected chi connectivity index (χ2v) is 5.77. The minimum atomic E-state index is 0.466. The molecule has 1 aliphatic rings. The van der Waals surface area contributed by atoms with Gasteiger partial charge in [-0.25, -0.2) is 9.97 Å². The van der Waals surface area contributed by atoms with Gasteiger partial charge in [0.15, 0.2) is 0 Å². The molecule has 1 aliphatic heterocycles. The number of aryl methyl sites for hydroxylation is 1. The van der Waals surface area contributed by atoms with Crippen LogP contribution in [-0.4, -0.2) is 47.6 Å². The molecule has 2 heterocycles. The maximum atomic E-state index is 5.68. The number of piperidine rings is 1. The minimum Gasteiger partial charge on any atom is -0.358 e. The Labute approximate surface area is 122 Å². The molecular weight excluding hydrogens is 250 g/mol. The van der Waals surface area contributed by atoms with Crippen LogP contribution >= 0.6 is 0 Å². The van der Waals surface area contributed by atoms with Crippen LogP contribution in [-0.2, 0) is 6.54 Å². The molecular formula is C15H27N5. The molecule has 5 heteroatoms. The standard InChI is InChI=1S/C15H27N5/c1-12-6-4-5-7-20(12)9-8-19(3)15-10-14(11-16)17-13(2)18-15/h10,12H,4-9,11,16H2,1-3H3. The molecule has 1 fully saturated rings. The Morgan fingerprint density at radius 2 is 2.20 bits per heavy atom. The Morgan fingerprint density at radius 1 is 1.40 bits per heavy atom. The zero-order valence-corrected chi connectivity index (χ0v) is 13.0. The van der Waals surface area contributed by atoms with E-state index >= 15 is 0 Å². The molecule has 0 saturated carbocycles. The lowest BCUT2D eigenvalue weighted by atomic mass is 10.0. The zero-order valence-electron chi connectivity index (χ0n) is 13.0. The summed E-state index contributed by atoms with van der Waals surface area (Å²) in [5.41, 5.74) is 6.59. The molecule has 20 heavy (non-hydrogen) atoms. The van der Waals surface area contributed by atoms with E-state index in [0.717, 1.165) is 30.4 Å². The van der Waals surface area contributed by atoms with E-state index in [-0.39, 0.29) is 0 Å². The van der Waals surface area contributed by atoms with E-state index in [1.54, 1.807) is 0 Å². The van der Waals surface area contributed by atoms with Crippen molar-refractivity contribution >= 4 is 5.82 Å². The molecule has 112 valence electrons. The Balaban J connectivity index is 1.94. The highest BCUT2D eigenvalue weighted by atomic mass is 15.2. The second kappa shape index (κ2) is 6.99. The van der Waals surface area contributed by atoms with Gasteiger partial charge >= 0.3 is 0 Å². The van der Waals surface area contributed by atoms with Crippen molar-refractivity contribution in [1.29, 1.82) is 0 Å². The summed E-state index contributed by atoms with van der Waals surface area (Å²) in [6.45, 7) is 8.03. The predicted molar refractivity (Wildman–Crippen MR) is 82.8 cm³/mol. The van der Waals surface area contributed by atoms with Gasteiger partial charge in [-0.2, -0.15) is 0 Å². The van der Waals surface area contributed by atoms with Crippen molar-refractivity contribution in [2.24, 2.45) is 5.73 Å². The SMILES string of the molecule is Cc1nc(CN)cc(N(C)CCN2CCCCC2C)n1. The molecule has 1 unspecified atom stereocenters. The molecule has 0 aliphatic carbocycles. The third-order valence-electron chi connectivity index (χ3n) is 4.14. The van der Waals surface area contributed by atoms with Crippen LogP contribution in [0.2, 0.25) is 0 Å². The molecule has 1 aromatic rings. The molecule has 2 rings (SSSR count). The highest BCUT2D eigenvalue weighted by Crippen LogP contribution is 2.17. The van der Waals surface area contributed by atoms with E-state index in [1.165, 1.54) is 25.8 Å². The fourth-order valence-corrected chi connectivity index (χ4v) is 2.80. The number of rotatable bonds is 5. The first-order valence-corrected chi connectivity index (χ1v) is 7.60. The van der Waals surface area contributed by atoms with Gasteiger partial charge in [0, 0.05) is 38.8 Å². The first-order chi connectivity index (χ1) is 9.60. The molecule has 0 bridgehead atoms. The molecule has 5 nitrogen and oxygen atoms in total. The summed E-state index contributed by atoms with van der Waals surface area (Å²) < 4.78 is 0. The smallest absolute Gasteiger partial charge is 0.132 e. The van der Waals surface area contributed by atoms with Crippen LogP contribution in [0.1, 0.15) is 37.7 Å². The van der Waals surface area contributed by atoms with Gasteiger partial charge in [-0.15, -0.1) is 0 Å². The molecule has 0 spiro atoms. The molecule has 2 N–H and O–H groups in total. The second-order valence-electron chi connectivity index (χ2n) is 5.77.